The maximum atomic E-state index is 12.0. The topological polar surface area (TPSA) is 69.6 Å². The van der Waals surface area contributed by atoms with Gasteiger partial charge in [0.15, 0.2) is 0 Å². The Labute approximate surface area is 109 Å². The predicted octanol–water partition coefficient (Wildman–Crippen LogP) is 2.07. The van der Waals surface area contributed by atoms with Crippen LogP contribution in [0.5, 0.6) is 0 Å². The zero-order valence-electron chi connectivity index (χ0n) is 11.5. The van der Waals surface area contributed by atoms with E-state index in [1.54, 1.807) is 11.9 Å². The lowest BCUT2D eigenvalue weighted by Crippen LogP contribution is -2.55. The van der Waals surface area contributed by atoms with Gasteiger partial charge in [0.1, 0.15) is 5.54 Å². The Kier molecular flexibility index (Phi) is 4.99. The van der Waals surface area contributed by atoms with Crippen molar-refractivity contribution in [1.29, 1.82) is 0 Å². The van der Waals surface area contributed by atoms with Crippen LogP contribution >= 0.6 is 0 Å². The number of carbonyl (C=O) groups is 2. The number of hydrogen-bond donors (Lipinski definition) is 2. The van der Waals surface area contributed by atoms with E-state index in [0.717, 1.165) is 19.3 Å². The highest BCUT2D eigenvalue weighted by molar-refractivity contribution is 5.86. The third kappa shape index (κ3) is 3.62. The van der Waals surface area contributed by atoms with Crippen LogP contribution in [0, 0.1) is 5.92 Å². The first-order valence-electron chi connectivity index (χ1n) is 6.64. The third-order valence-electron chi connectivity index (χ3n) is 3.60. The molecule has 0 atom stereocenters. The summed E-state index contributed by atoms with van der Waals surface area (Å²) in [6.45, 7) is 4.85. The number of urea groups is 1. The fourth-order valence-electron chi connectivity index (χ4n) is 2.22. The molecular weight excluding hydrogens is 232 g/mol. The second kappa shape index (κ2) is 6.07. The average Bonchev–Trinajstić information content (AvgIpc) is 2.75. The second-order valence-corrected chi connectivity index (χ2v) is 5.63. The lowest BCUT2D eigenvalue weighted by molar-refractivity contribution is -0.144. The Morgan fingerprint density at radius 3 is 2.33 bits per heavy atom. The molecule has 1 aliphatic rings. The molecule has 0 aromatic rings. The lowest BCUT2D eigenvalue weighted by Gasteiger charge is -2.28. The number of nitrogens with one attached hydrogen (secondary N) is 1. The molecule has 104 valence electrons. The normalized spacial score (nSPS) is 17.8. The fourth-order valence-corrected chi connectivity index (χ4v) is 2.22. The molecule has 1 saturated carbocycles. The van der Waals surface area contributed by atoms with Crippen molar-refractivity contribution >= 4 is 12.0 Å². The molecule has 0 aromatic heterocycles. The molecule has 2 N–H and O–H groups in total. The van der Waals surface area contributed by atoms with Crippen molar-refractivity contribution in [3.63, 3.8) is 0 Å². The van der Waals surface area contributed by atoms with Gasteiger partial charge in [-0.25, -0.2) is 9.59 Å². The number of hydrogen-bond acceptors (Lipinski definition) is 2. The maximum absolute atomic E-state index is 12.0. The zero-order chi connectivity index (χ0) is 13.8. The Hall–Kier alpha value is -1.26. The first-order chi connectivity index (χ1) is 8.37. The highest BCUT2D eigenvalue weighted by Crippen LogP contribution is 2.30. The molecule has 0 saturated heterocycles. The molecule has 0 bridgehead atoms. The third-order valence-corrected chi connectivity index (χ3v) is 3.60. The van der Waals surface area contributed by atoms with Crippen molar-refractivity contribution in [3.05, 3.63) is 0 Å². The van der Waals surface area contributed by atoms with Crippen molar-refractivity contribution in [3.8, 4) is 0 Å². The monoisotopic (exact) mass is 256 g/mol. The number of aliphatic carboxylic acids is 1. The maximum Gasteiger partial charge on any atom is 0.329 e. The van der Waals surface area contributed by atoms with Gasteiger partial charge in [0.2, 0.25) is 0 Å². The van der Waals surface area contributed by atoms with Crippen LogP contribution in [-0.2, 0) is 4.79 Å². The molecule has 1 aliphatic carbocycles. The van der Waals surface area contributed by atoms with E-state index in [9.17, 15) is 14.7 Å². The molecule has 0 aliphatic heterocycles. The van der Waals surface area contributed by atoms with Crippen LogP contribution in [0.25, 0.3) is 0 Å². The summed E-state index contributed by atoms with van der Waals surface area (Å²) in [6.07, 6.45) is 3.72. The van der Waals surface area contributed by atoms with Gasteiger partial charge in [0, 0.05) is 13.6 Å². The van der Waals surface area contributed by atoms with Crippen LogP contribution in [0.15, 0.2) is 0 Å². The van der Waals surface area contributed by atoms with Crippen molar-refractivity contribution in [1.82, 2.24) is 10.2 Å². The van der Waals surface area contributed by atoms with Gasteiger partial charge in [-0.05, 0) is 25.2 Å². The molecule has 0 heterocycles. The van der Waals surface area contributed by atoms with E-state index in [1.807, 2.05) is 0 Å². The molecular formula is C13H24N2O3. The van der Waals surface area contributed by atoms with E-state index < -0.39 is 11.5 Å². The highest BCUT2D eigenvalue weighted by atomic mass is 16.4. The van der Waals surface area contributed by atoms with Gasteiger partial charge in [-0.1, -0.05) is 26.7 Å². The summed E-state index contributed by atoms with van der Waals surface area (Å²) in [5.74, 6) is -0.384. The zero-order valence-corrected chi connectivity index (χ0v) is 11.5. The van der Waals surface area contributed by atoms with E-state index in [-0.39, 0.29) is 6.03 Å². The van der Waals surface area contributed by atoms with E-state index in [1.165, 1.54) is 0 Å². The smallest absolute Gasteiger partial charge is 0.329 e. The first-order valence-corrected chi connectivity index (χ1v) is 6.64. The second-order valence-electron chi connectivity index (χ2n) is 5.63. The number of carboxylic acids is 1. The molecule has 0 unspecified atom stereocenters. The summed E-state index contributed by atoms with van der Waals surface area (Å²) in [6, 6.07) is -0.278. The summed E-state index contributed by atoms with van der Waals surface area (Å²) in [5, 5.41) is 12.0. The molecule has 0 radical (unpaired) electrons. The summed E-state index contributed by atoms with van der Waals surface area (Å²) in [4.78, 5) is 24.9. The predicted molar refractivity (Wildman–Crippen MR) is 69.5 cm³/mol. The Morgan fingerprint density at radius 2 is 1.89 bits per heavy atom. The van der Waals surface area contributed by atoms with Crippen LogP contribution in [0.4, 0.5) is 4.79 Å². The lowest BCUT2D eigenvalue weighted by atomic mass is 9.98. The van der Waals surface area contributed by atoms with E-state index in [0.29, 0.717) is 25.3 Å². The van der Waals surface area contributed by atoms with Gasteiger partial charge >= 0.3 is 12.0 Å². The summed E-state index contributed by atoms with van der Waals surface area (Å²) in [5.41, 5.74) is -1.04. The molecule has 0 spiro atoms. The number of rotatable bonds is 5. The van der Waals surface area contributed by atoms with Crippen molar-refractivity contribution in [2.45, 2.75) is 51.5 Å². The Bertz CT molecular complexity index is 309. The van der Waals surface area contributed by atoms with Gasteiger partial charge in [-0.2, -0.15) is 0 Å². The molecule has 5 heteroatoms. The van der Waals surface area contributed by atoms with Gasteiger partial charge in [-0.15, -0.1) is 0 Å². The quantitative estimate of drug-likeness (QED) is 0.791. The summed E-state index contributed by atoms with van der Waals surface area (Å²) < 4.78 is 0. The minimum atomic E-state index is -1.04. The SMILES string of the molecule is CC(C)CCN(C)C(=O)NC1(C(=O)O)CCCC1. The molecule has 18 heavy (non-hydrogen) atoms. The van der Waals surface area contributed by atoms with E-state index in [4.69, 9.17) is 0 Å². The van der Waals surface area contributed by atoms with E-state index >= 15 is 0 Å². The molecule has 5 nitrogen and oxygen atoms in total. The average molecular weight is 256 g/mol. The highest BCUT2D eigenvalue weighted by Gasteiger charge is 2.43. The molecule has 2 amide bonds. The van der Waals surface area contributed by atoms with Gasteiger partial charge in [0.25, 0.3) is 0 Å². The molecule has 1 rings (SSSR count). The van der Waals surface area contributed by atoms with Gasteiger partial charge < -0.3 is 15.3 Å². The standard InChI is InChI=1S/C13H24N2O3/c1-10(2)6-9-15(3)12(18)14-13(11(16)17)7-4-5-8-13/h10H,4-9H2,1-3H3,(H,14,18)(H,16,17). The van der Waals surface area contributed by atoms with Crippen LogP contribution in [0.1, 0.15) is 46.0 Å². The van der Waals surface area contributed by atoms with Crippen molar-refractivity contribution in [2.75, 3.05) is 13.6 Å². The van der Waals surface area contributed by atoms with Crippen molar-refractivity contribution in [2.24, 2.45) is 5.92 Å². The first kappa shape index (κ1) is 14.8. The Morgan fingerprint density at radius 1 is 1.33 bits per heavy atom. The number of carbonyl (C=O) groups excluding carboxylic acids is 1. The molecule has 1 fully saturated rings. The number of nitrogens with zero attached hydrogens (tertiary/aromatic N) is 1. The fraction of sp³-hybridized carbons (Fsp3) is 0.846. The molecule has 0 aromatic carbocycles. The summed E-state index contributed by atoms with van der Waals surface area (Å²) in [7, 11) is 1.71. The number of amides is 2. The van der Waals surface area contributed by atoms with Crippen LogP contribution in [-0.4, -0.2) is 41.1 Å². The van der Waals surface area contributed by atoms with Gasteiger partial charge in [0.05, 0.1) is 0 Å². The van der Waals surface area contributed by atoms with Crippen LogP contribution in [0.3, 0.4) is 0 Å². The Balaban J connectivity index is 2.54. The van der Waals surface area contributed by atoms with Gasteiger partial charge in [-0.3, -0.25) is 0 Å². The van der Waals surface area contributed by atoms with Crippen LogP contribution < -0.4 is 5.32 Å². The van der Waals surface area contributed by atoms with Crippen molar-refractivity contribution < 1.29 is 14.7 Å². The number of carboxylic acid groups (broad SMARTS) is 1. The minimum Gasteiger partial charge on any atom is -0.480 e. The van der Waals surface area contributed by atoms with E-state index in [2.05, 4.69) is 19.2 Å². The largest absolute Gasteiger partial charge is 0.480 e. The van der Waals surface area contributed by atoms with Crippen LogP contribution in [0.2, 0.25) is 0 Å². The summed E-state index contributed by atoms with van der Waals surface area (Å²) >= 11 is 0. The minimum absolute atomic E-state index is 0.278.